The van der Waals surface area contributed by atoms with E-state index < -0.39 is 5.97 Å². The Labute approximate surface area is 97.2 Å². The van der Waals surface area contributed by atoms with Crippen LogP contribution >= 0.6 is 11.6 Å². The van der Waals surface area contributed by atoms with Crippen LogP contribution in [0.4, 0.5) is 0 Å². The predicted octanol–water partition coefficient (Wildman–Crippen LogP) is 2.55. The van der Waals surface area contributed by atoms with Gasteiger partial charge in [-0.25, -0.2) is 0 Å². The molecule has 4 heteroatoms. The number of aromatic nitrogens is 1. The molecule has 1 aliphatic rings. The molecular weight excluding hydrogens is 226 g/mol. The molecule has 3 nitrogen and oxygen atoms in total. The minimum Gasteiger partial charge on any atom is -0.481 e. The van der Waals surface area contributed by atoms with Crippen molar-refractivity contribution in [2.45, 2.75) is 13.0 Å². The summed E-state index contributed by atoms with van der Waals surface area (Å²) in [5.41, 5.74) is 2.03. The van der Waals surface area contributed by atoms with Gasteiger partial charge in [0.05, 0.1) is 16.5 Å². The lowest BCUT2D eigenvalue weighted by Crippen LogP contribution is -2.14. The fourth-order valence-electron chi connectivity index (χ4n) is 2.41. The minimum absolute atomic E-state index is 0.310. The van der Waals surface area contributed by atoms with Crippen molar-refractivity contribution in [3.8, 4) is 0 Å². The molecule has 0 aliphatic carbocycles. The van der Waals surface area contributed by atoms with Crippen LogP contribution < -0.4 is 0 Å². The lowest BCUT2D eigenvalue weighted by atomic mass is 10.1. The Morgan fingerprint density at radius 1 is 1.50 bits per heavy atom. The highest BCUT2D eigenvalue weighted by Gasteiger charge is 2.28. The zero-order valence-electron chi connectivity index (χ0n) is 8.48. The van der Waals surface area contributed by atoms with Crippen LogP contribution in [0.1, 0.15) is 5.69 Å². The van der Waals surface area contributed by atoms with Gasteiger partial charge in [0.15, 0.2) is 0 Å². The van der Waals surface area contributed by atoms with Gasteiger partial charge in [0.25, 0.3) is 0 Å². The first-order valence-electron chi connectivity index (χ1n) is 5.16. The summed E-state index contributed by atoms with van der Waals surface area (Å²) in [4.78, 5) is 10.9. The second-order valence-electron chi connectivity index (χ2n) is 4.16. The number of carbonyl (C=O) groups is 1. The van der Waals surface area contributed by atoms with Crippen LogP contribution in [0.15, 0.2) is 24.3 Å². The molecule has 1 N–H and O–H groups in total. The van der Waals surface area contributed by atoms with Gasteiger partial charge in [0.2, 0.25) is 0 Å². The number of nitrogens with zero attached hydrogens (tertiary/aromatic N) is 1. The van der Waals surface area contributed by atoms with Crippen molar-refractivity contribution in [3.63, 3.8) is 0 Å². The largest absolute Gasteiger partial charge is 0.481 e. The van der Waals surface area contributed by atoms with E-state index in [1.807, 2.05) is 28.8 Å². The standard InChI is InChI=1S/C12H10ClNO2/c13-10-3-1-2-7-4-9-5-8(12(15)16)6-14(9)11(7)10/h1-4,8H,5-6H2,(H,15,16). The molecule has 82 valence electrons. The summed E-state index contributed by atoms with van der Waals surface area (Å²) in [6, 6.07) is 7.78. The number of fused-ring (bicyclic) bond motifs is 3. The van der Waals surface area contributed by atoms with E-state index >= 15 is 0 Å². The lowest BCUT2D eigenvalue weighted by Gasteiger charge is -2.04. The second-order valence-corrected chi connectivity index (χ2v) is 4.57. The van der Waals surface area contributed by atoms with Crippen LogP contribution in [0.5, 0.6) is 0 Å². The predicted molar refractivity (Wildman–Crippen MR) is 61.8 cm³/mol. The van der Waals surface area contributed by atoms with Crippen LogP contribution in [-0.4, -0.2) is 15.6 Å². The van der Waals surface area contributed by atoms with E-state index in [0.717, 1.165) is 16.6 Å². The first kappa shape index (κ1) is 9.73. The normalized spacial score (nSPS) is 18.9. The molecule has 3 rings (SSSR count). The van der Waals surface area contributed by atoms with Crippen molar-refractivity contribution in [2.24, 2.45) is 5.92 Å². The number of carboxylic acid groups (broad SMARTS) is 1. The highest BCUT2D eigenvalue weighted by molar-refractivity contribution is 6.35. The number of para-hydroxylation sites is 1. The molecule has 1 atom stereocenters. The maximum Gasteiger partial charge on any atom is 0.308 e. The van der Waals surface area contributed by atoms with Gasteiger partial charge in [-0.3, -0.25) is 4.79 Å². The van der Waals surface area contributed by atoms with Gasteiger partial charge in [0.1, 0.15) is 0 Å². The molecule has 1 aromatic heterocycles. The molecule has 1 aliphatic heterocycles. The Kier molecular flexibility index (Phi) is 1.98. The summed E-state index contributed by atoms with van der Waals surface area (Å²) in [6.45, 7) is 0.526. The van der Waals surface area contributed by atoms with Gasteiger partial charge < -0.3 is 9.67 Å². The van der Waals surface area contributed by atoms with Crippen molar-refractivity contribution >= 4 is 28.5 Å². The zero-order chi connectivity index (χ0) is 11.3. The molecule has 1 unspecified atom stereocenters. The smallest absolute Gasteiger partial charge is 0.308 e. The Hall–Kier alpha value is -1.48. The van der Waals surface area contributed by atoms with Crippen LogP contribution in [0, 0.1) is 5.92 Å². The molecule has 0 saturated heterocycles. The summed E-state index contributed by atoms with van der Waals surface area (Å²) in [7, 11) is 0. The number of rotatable bonds is 1. The fourth-order valence-corrected chi connectivity index (χ4v) is 2.70. The third kappa shape index (κ3) is 1.25. The summed E-state index contributed by atoms with van der Waals surface area (Å²) in [5.74, 6) is -1.04. The number of benzene rings is 1. The molecule has 0 fully saturated rings. The summed E-state index contributed by atoms with van der Waals surface area (Å²) >= 11 is 6.14. The maximum absolute atomic E-state index is 10.9. The van der Waals surface area contributed by atoms with E-state index in [4.69, 9.17) is 16.7 Å². The van der Waals surface area contributed by atoms with Crippen molar-refractivity contribution in [1.82, 2.24) is 4.57 Å². The van der Waals surface area contributed by atoms with Gasteiger partial charge >= 0.3 is 5.97 Å². The highest BCUT2D eigenvalue weighted by Crippen LogP contribution is 2.32. The molecule has 0 spiro atoms. The van der Waals surface area contributed by atoms with Crippen LogP contribution in [0.3, 0.4) is 0 Å². The SMILES string of the molecule is O=C(O)C1Cc2cc3cccc(Cl)c3n2C1. The monoisotopic (exact) mass is 235 g/mol. The molecule has 16 heavy (non-hydrogen) atoms. The molecule has 0 saturated carbocycles. The second kappa shape index (κ2) is 3.25. The van der Waals surface area contributed by atoms with Crippen molar-refractivity contribution in [2.75, 3.05) is 0 Å². The Morgan fingerprint density at radius 2 is 2.31 bits per heavy atom. The molecule has 1 aromatic carbocycles. The van der Waals surface area contributed by atoms with Gasteiger partial charge in [0, 0.05) is 24.0 Å². The van der Waals surface area contributed by atoms with Crippen molar-refractivity contribution < 1.29 is 9.90 Å². The van der Waals surface area contributed by atoms with E-state index in [1.54, 1.807) is 0 Å². The molecule has 0 amide bonds. The maximum atomic E-state index is 10.9. The Bertz CT molecular complexity index is 588. The topological polar surface area (TPSA) is 42.2 Å². The fraction of sp³-hybridized carbons (Fsp3) is 0.250. The van der Waals surface area contributed by atoms with Gasteiger partial charge in [-0.1, -0.05) is 23.7 Å². The summed E-state index contributed by atoms with van der Waals surface area (Å²) in [6.07, 6.45) is 0.598. The van der Waals surface area contributed by atoms with E-state index in [-0.39, 0.29) is 5.92 Å². The van der Waals surface area contributed by atoms with E-state index in [1.165, 1.54) is 0 Å². The van der Waals surface area contributed by atoms with Crippen LogP contribution in [-0.2, 0) is 17.8 Å². The third-order valence-corrected chi connectivity index (χ3v) is 3.47. The van der Waals surface area contributed by atoms with Crippen LogP contribution in [0.25, 0.3) is 10.9 Å². The number of hydrogen-bond acceptors (Lipinski definition) is 1. The van der Waals surface area contributed by atoms with E-state index in [9.17, 15) is 4.79 Å². The molecule has 0 radical (unpaired) electrons. The summed E-state index contributed by atoms with van der Waals surface area (Å²) in [5, 5.41) is 10.8. The van der Waals surface area contributed by atoms with Gasteiger partial charge in [-0.05, 0) is 12.1 Å². The number of halogens is 1. The van der Waals surface area contributed by atoms with Gasteiger partial charge in [-0.15, -0.1) is 0 Å². The van der Waals surface area contributed by atoms with E-state index in [2.05, 4.69) is 0 Å². The van der Waals surface area contributed by atoms with E-state index in [0.29, 0.717) is 18.0 Å². The number of carboxylic acids is 1. The molecule has 2 heterocycles. The zero-order valence-corrected chi connectivity index (χ0v) is 9.24. The number of aliphatic carboxylic acids is 1. The van der Waals surface area contributed by atoms with Crippen molar-refractivity contribution in [3.05, 3.63) is 35.0 Å². The third-order valence-electron chi connectivity index (χ3n) is 3.16. The van der Waals surface area contributed by atoms with Crippen LogP contribution in [0.2, 0.25) is 5.02 Å². The molecule has 0 bridgehead atoms. The molecular formula is C12H10ClNO2. The quantitative estimate of drug-likeness (QED) is 0.826. The first-order chi connectivity index (χ1) is 7.66. The highest BCUT2D eigenvalue weighted by atomic mass is 35.5. The number of hydrogen-bond donors (Lipinski definition) is 1. The summed E-state index contributed by atoms with van der Waals surface area (Å²) < 4.78 is 2.02. The Morgan fingerprint density at radius 3 is 3.06 bits per heavy atom. The average Bonchev–Trinajstić information content (AvgIpc) is 2.73. The van der Waals surface area contributed by atoms with Crippen molar-refractivity contribution in [1.29, 1.82) is 0 Å². The Balaban J connectivity index is 2.17. The average molecular weight is 236 g/mol. The van der Waals surface area contributed by atoms with Gasteiger partial charge in [-0.2, -0.15) is 0 Å². The molecule has 2 aromatic rings. The first-order valence-corrected chi connectivity index (χ1v) is 5.54. The lowest BCUT2D eigenvalue weighted by molar-refractivity contribution is -0.141. The minimum atomic E-state index is -0.732.